The average molecular weight is 184 g/mol. The van der Waals surface area contributed by atoms with Gasteiger partial charge in [0.1, 0.15) is 5.82 Å². The van der Waals surface area contributed by atoms with Crippen molar-refractivity contribution in [2.45, 2.75) is 6.92 Å². The number of hydrogen-bond acceptors (Lipinski definition) is 4. The second-order valence-electron chi connectivity index (χ2n) is 2.31. The van der Waals surface area contributed by atoms with Crippen LogP contribution in [0, 0.1) is 0 Å². The number of carbonyl (C=O) groups excluding carboxylic acids is 1. The predicted octanol–water partition coefficient (Wildman–Crippen LogP) is -1.47. The molecule has 0 unspecified atom stereocenters. The molecular weight excluding hydrogens is 176 g/mol. The van der Waals surface area contributed by atoms with E-state index in [1.54, 1.807) is 0 Å². The van der Waals surface area contributed by atoms with Crippen LogP contribution in [0.1, 0.15) is 6.92 Å². The van der Waals surface area contributed by atoms with Crippen molar-refractivity contribution in [2.24, 2.45) is 0 Å². The van der Waals surface area contributed by atoms with Crippen molar-refractivity contribution in [3.05, 3.63) is 26.9 Å². The molecule has 0 saturated heterocycles. The molecule has 1 rings (SSSR count). The largest absolute Gasteiger partial charge is 0.327 e. The maximum Gasteiger partial charge on any atom is 0.327 e. The molecule has 1 heterocycles. The minimum Gasteiger partial charge on any atom is -0.292 e. The molecule has 1 amide bonds. The van der Waals surface area contributed by atoms with Gasteiger partial charge in [-0.3, -0.25) is 30.4 Å². The Bertz CT molecular complexity index is 390. The van der Waals surface area contributed by atoms with Gasteiger partial charge >= 0.3 is 5.69 Å². The Balaban J connectivity index is 2.84. The molecule has 0 atom stereocenters. The van der Waals surface area contributed by atoms with Gasteiger partial charge in [0, 0.05) is 13.0 Å². The fourth-order valence-corrected chi connectivity index (χ4v) is 0.691. The molecule has 4 N–H and O–H groups in total. The molecule has 0 radical (unpaired) electrons. The quantitative estimate of drug-likeness (QED) is 0.421. The second kappa shape index (κ2) is 3.57. The van der Waals surface area contributed by atoms with E-state index >= 15 is 0 Å². The molecule has 1 aromatic heterocycles. The van der Waals surface area contributed by atoms with Crippen LogP contribution in [0.25, 0.3) is 0 Å². The molecule has 7 nitrogen and oxygen atoms in total. The molecule has 0 aliphatic carbocycles. The molecule has 0 saturated carbocycles. The number of anilines is 1. The summed E-state index contributed by atoms with van der Waals surface area (Å²) in [5.41, 5.74) is 3.37. The normalized spacial score (nSPS) is 9.31. The first-order valence-corrected chi connectivity index (χ1v) is 3.44. The molecular formula is C6H8N4O3. The van der Waals surface area contributed by atoms with E-state index in [0.717, 1.165) is 6.07 Å². The smallest absolute Gasteiger partial charge is 0.292 e. The lowest BCUT2D eigenvalue weighted by atomic mass is 10.6. The average Bonchev–Trinajstić information content (AvgIpc) is 1.99. The molecule has 0 fully saturated rings. The van der Waals surface area contributed by atoms with E-state index in [1.807, 2.05) is 4.98 Å². The van der Waals surface area contributed by atoms with Crippen molar-refractivity contribution in [3.8, 4) is 0 Å². The summed E-state index contributed by atoms with van der Waals surface area (Å²) in [6, 6.07) is 1.11. The van der Waals surface area contributed by atoms with Gasteiger partial charge in [0.2, 0.25) is 5.91 Å². The van der Waals surface area contributed by atoms with Gasteiger partial charge in [0.25, 0.3) is 5.56 Å². The Hall–Kier alpha value is -2.05. The molecule has 0 bridgehead atoms. The lowest BCUT2D eigenvalue weighted by molar-refractivity contribution is -0.118. The first kappa shape index (κ1) is 9.04. The number of rotatable bonds is 2. The van der Waals surface area contributed by atoms with Gasteiger partial charge in [0.05, 0.1) is 0 Å². The predicted molar refractivity (Wildman–Crippen MR) is 45.1 cm³/mol. The van der Waals surface area contributed by atoms with Crippen LogP contribution in [0.5, 0.6) is 0 Å². The van der Waals surface area contributed by atoms with Gasteiger partial charge in [0.15, 0.2) is 0 Å². The number of hydrogen-bond donors (Lipinski definition) is 4. The number of aromatic nitrogens is 2. The van der Waals surface area contributed by atoms with Crippen molar-refractivity contribution >= 4 is 11.7 Å². The minimum atomic E-state index is -0.639. The van der Waals surface area contributed by atoms with E-state index in [0.29, 0.717) is 0 Å². The number of nitrogens with one attached hydrogen (secondary N) is 4. The topological polar surface area (TPSA) is 107 Å². The molecule has 0 aliphatic rings. The van der Waals surface area contributed by atoms with E-state index in [9.17, 15) is 14.4 Å². The summed E-state index contributed by atoms with van der Waals surface area (Å²) in [4.78, 5) is 36.1. The van der Waals surface area contributed by atoms with Crippen molar-refractivity contribution < 1.29 is 4.79 Å². The number of aromatic amines is 2. The Morgan fingerprint density at radius 3 is 2.62 bits per heavy atom. The maximum atomic E-state index is 10.7. The van der Waals surface area contributed by atoms with E-state index in [2.05, 4.69) is 15.8 Å². The minimum absolute atomic E-state index is 0.129. The number of hydrazine groups is 1. The van der Waals surface area contributed by atoms with Crippen LogP contribution in [-0.4, -0.2) is 15.9 Å². The molecule has 13 heavy (non-hydrogen) atoms. The second-order valence-corrected chi connectivity index (χ2v) is 2.31. The summed E-state index contributed by atoms with van der Waals surface area (Å²) in [6.07, 6.45) is 0. The fraction of sp³-hybridized carbons (Fsp3) is 0.167. The summed E-state index contributed by atoms with van der Waals surface area (Å²) in [7, 11) is 0. The molecule has 1 aromatic rings. The fourth-order valence-electron chi connectivity index (χ4n) is 0.691. The van der Waals surface area contributed by atoms with Gasteiger partial charge in [-0.05, 0) is 0 Å². The Morgan fingerprint density at radius 2 is 2.08 bits per heavy atom. The van der Waals surface area contributed by atoms with Crippen LogP contribution >= 0.6 is 0 Å². The Morgan fingerprint density at radius 1 is 1.38 bits per heavy atom. The van der Waals surface area contributed by atoms with Gasteiger partial charge in [-0.2, -0.15) is 0 Å². The van der Waals surface area contributed by atoms with Gasteiger partial charge in [-0.15, -0.1) is 0 Å². The molecule has 70 valence electrons. The number of carbonyl (C=O) groups is 1. The number of H-pyrrole nitrogens is 2. The molecule has 0 spiro atoms. The number of amides is 1. The molecule has 7 heteroatoms. The molecule has 0 aromatic carbocycles. The van der Waals surface area contributed by atoms with Crippen LogP contribution in [0.15, 0.2) is 15.7 Å². The first-order chi connectivity index (χ1) is 6.08. The zero-order valence-electron chi connectivity index (χ0n) is 6.80. The third-order valence-electron chi connectivity index (χ3n) is 1.13. The van der Waals surface area contributed by atoms with Gasteiger partial charge < -0.3 is 0 Å². The summed E-state index contributed by atoms with van der Waals surface area (Å²) in [5, 5.41) is 0. The monoisotopic (exact) mass is 184 g/mol. The van der Waals surface area contributed by atoms with Crippen molar-refractivity contribution in [2.75, 3.05) is 5.43 Å². The molecule has 0 aliphatic heterocycles. The van der Waals surface area contributed by atoms with Crippen LogP contribution in [0.3, 0.4) is 0 Å². The van der Waals surface area contributed by atoms with Crippen LogP contribution in [0.2, 0.25) is 0 Å². The lowest BCUT2D eigenvalue weighted by Crippen LogP contribution is -2.30. The van der Waals surface area contributed by atoms with Crippen molar-refractivity contribution in [1.29, 1.82) is 0 Å². The Kier molecular flexibility index (Phi) is 2.48. The Labute approximate surface area is 72.2 Å². The third kappa shape index (κ3) is 2.81. The van der Waals surface area contributed by atoms with Gasteiger partial charge in [-0.1, -0.05) is 0 Å². The van der Waals surface area contributed by atoms with Crippen LogP contribution in [-0.2, 0) is 4.79 Å². The van der Waals surface area contributed by atoms with Gasteiger partial charge in [-0.25, -0.2) is 4.79 Å². The standard InChI is InChI=1S/C6H8N4O3/c1-3(11)9-10-4-2-5(12)8-6(13)7-4/h2H,1H3,(H,9,11)(H3,7,8,10,12,13). The lowest BCUT2D eigenvalue weighted by Gasteiger charge is -2.03. The first-order valence-electron chi connectivity index (χ1n) is 3.44. The highest BCUT2D eigenvalue weighted by Gasteiger charge is 1.95. The van der Waals surface area contributed by atoms with E-state index in [-0.39, 0.29) is 11.7 Å². The third-order valence-corrected chi connectivity index (χ3v) is 1.13. The van der Waals surface area contributed by atoms with Crippen LogP contribution in [0.4, 0.5) is 5.82 Å². The summed E-state index contributed by atoms with van der Waals surface area (Å²) < 4.78 is 0. The summed E-state index contributed by atoms with van der Waals surface area (Å²) >= 11 is 0. The summed E-state index contributed by atoms with van der Waals surface area (Å²) in [6.45, 7) is 1.29. The zero-order chi connectivity index (χ0) is 9.84. The van der Waals surface area contributed by atoms with E-state index in [1.165, 1.54) is 6.92 Å². The van der Waals surface area contributed by atoms with Crippen LogP contribution < -0.4 is 22.1 Å². The highest BCUT2D eigenvalue weighted by molar-refractivity contribution is 5.74. The van der Waals surface area contributed by atoms with Crippen molar-refractivity contribution in [3.63, 3.8) is 0 Å². The summed E-state index contributed by atoms with van der Waals surface area (Å²) in [5.74, 6) is -0.204. The maximum absolute atomic E-state index is 10.7. The highest BCUT2D eigenvalue weighted by atomic mass is 16.2. The van der Waals surface area contributed by atoms with Crippen molar-refractivity contribution in [1.82, 2.24) is 15.4 Å². The highest BCUT2D eigenvalue weighted by Crippen LogP contribution is 1.87. The van der Waals surface area contributed by atoms with E-state index in [4.69, 9.17) is 0 Å². The zero-order valence-corrected chi connectivity index (χ0v) is 6.80. The SMILES string of the molecule is CC(=O)NNc1cc(=O)[nH]c(=O)[nH]1. The van der Waals surface area contributed by atoms with E-state index < -0.39 is 11.2 Å².